The lowest BCUT2D eigenvalue weighted by Crippen LogP contribution is -2.44. The Morgan fingerprint density at radius 2 is 1.94 bits per heavy atom. The van der Waals surface area contributed by atoms with Crippen molar-refractivity contribution < 1.29 is 9.59 Å². The van der Waals surface area contributed by atoms with Gasteiger partial charge in [0.25, 0.3) is 0 Å². The molecule has 4 heterocycles. The van der Waals surface area contributed by atoms with Crippen LogP contribution in [0.4, 0.5) is 5.69 Å². The number of rotatable bonds is 7. The number of thiophene rings is 1. The van der Waals surface area contributed by atoms with Crippen LogP contribution in [0.25, 0.3) is 16.3 Å². The molecular formula is C25H22BrN5O2S2. The van der Waals surface area contributed by atoms with Gasteiger partial charge in [0.05, 0.1) is 31.5 Å². The molecule has 0 aliphatic carbocycles. The first-order valence-electron chi connectivity index (χ1n) is 11.1. The molecule has 1 aliphatic heterocycles. The molecule has 1 unspecified atom stereocenters. The number of benzene rings is 1. The second kappa shape index (κ2) is 10.8. The molecule has 0 radical (unpaired) electrons. The van der Waals surface area contributed by atoms with Gasteiger partial charge in [-0.15, -0.1) is 11.3 Å². The van der Waals surface area contributed by atoms with Crippen LogP contribution in [0, 0.1) is 0 Å². The molecule has 3 aromatic heterocycles. The number of hydrogen-bond donors (Lipinski definition) is 1. The van der Waals surface area contributed by atoms with Gasteiger partial charge >= 0.3 is 0 Å². The summed E-state index contributed by atoms with van der Waals surface area (Å²) in [6, 6.07) is 16.9. The third kappa shape index (κ3) is 5.50. The SMILES string of the molecule is O=C(Nc1ccccc1-n1cccc1)C1CCCN1C(=O)CSc1nccc(-c2ccc(Br)s2)n1. The van der Waals surface area contributed by atoms with Crippen molar-refractivity contribution in [1.82, 2.24) is 19.4 Å². The third-order valence-corrected chi connectivity index (χ3v) is 8.20. The highest BCUT2D eigenvalue weighted by atomic mass is 79.9. The number of para-hydroxylation sites is 2. The van der Waals surface area contributed by atoms with Gasteiger partial charge < -0.3 is 14.8 Å². The van der Waals surface area contributed by atoms with Gasteiger partial charge in [0.1, 0.15) is 6.04 Å². The molecule has 1 atom stereocenters. The highest BCUT2D eigenvalue weighted by Gasteiger charge is 2.34. The quantitative estimate of drug-likeness (QED) is 0.236. The number of amides is 2. The minimum Gasteiger partial charge on any atom is -0.330 e. The van der Waals surface area contributed by atoms with E-state index in [4.69, 9.17) is 0 Å². The normalized spacial score (nSPS) is 15.3. The van der Waals surface area contributed by atoms with Crippen LogP contribution in [-0.4, -0.2) is 49.6 Å². The molecule has 7 nitrogen and oxygen atoms in total. The van der Waals surface area contributed by atoms with Crippen molar-refractivity contribution in [2.24, 2.45) is 0 Å². The number of carbonyl (C=O) groups is 2. The fraction of sp³-hybridized carbons (Fsp3) is 0.200. The lowest BCUT2D eigenvalue weighted by atomic mass is 10.2. The number of nitrogens with zero attached hydrogens (tertiary/aromatic N) is 4. The molecule has 1 N–H and O–H groups in total. The van der Waals surface area contributed by atoms with Gasteiger partial charge in [-0.2, -0.15) is 0 Å². The smallest absolute Gasteiger partial charge is 0.247 e. The van der Waals surface area contributed by atoms with E-state index in [9.17, 15) is 9.59 Å². The van der Waals surface area contributed by atoms with E-state index in [0.29, 0.717) is 23.8 Å². The molecule has 0 bridgehead atoms. The van der Waals surface area contributed by atoms with E-state index in [-0.39, 0.29) is 17.6 Å². The van der Waals surface area contributed by atoms with E-state index >= 15 is 0 Å². The second-order valence-electron chi connectivity index (χ2n) is 7.96. The van der Waals surface area contributed by atoms with E-state index in [2.05, 4.69) is 31.2 Å². The predicted octanol–water partition coefficient (Wildman–Crippen LogP) is 5.48. The zero-order chi connectivity index (χ0) is 24.2. The highest BCUT2D eigenvalue weighted by molar-refractivity contribution is 9.11. The molecule has 10 heteroatoms. The number of likely N-dealkylation sites (tertiary alicyclic amines) is 1. The van der Waals surface area contributed by atoms with E-state index in [1.165, 1.54) is 11.8 Å². The maximum atomic E-state index is 13.2. The average Bonchev–Trinajstić information content (AvgIpc) is 3.65. The molecule has 2 amide bonds. The lowest BCUT2D eigenvalue weighted by Gasteiger charge is -2.24. The minimum absolute atomic E-state index is 0.0841. The summed E-state index contributed by atoms with van der Waals surface area (Å²) in [6.45, 7) is 0.570. The topological polar surface area (TPSA) is 80.1 Å². The van der Waals surface area contributed by atoms with Crippen molar-refractivity contribution in [2.45, 2.75) is 24.0 Å². The summed E-state index contributed by atoms with van der Waals surface area (Å²) in [6.07, 6.45) is 7.02. The minimum atomic E-state index is -0.489. The number of halogens is 1. The molecule has 0 saturated carbocycles. The zero-order valence-corrected chi connectivity index (χ0v) is 21.9. The number of thioether (sulfide) groups is 1. The Hall–Kier alpha value is -2.95. The average molecular weight is 569 g/mol. The molecule has 35 heavy (non-hydrogen) atoms. The molecule has 178 valence electrons. The van der Waals surface area contributed by atoms with E-state index in [0.717, 1.165) is 26.5 Å². The Morgan fingerprint density at radius 1 is 1.11 bits per heavy atom. The van der Waals surface area contributed by atoms with Gasteiger partial charge in [0.2, 0.25) is 11.8 Å². The first-order chi connectivity index (χ1) is 17.1. The fourth-order valence-electron chi connectivity index (χ4n) is 4.06. The third-order valence-electron chi connectivity index (χ3n) is 5.70. The van der Waals surface area contributed by atoms with Crippen molar-refractivity contribution in [3.8, 4) is 16.3 Å². The van der Waals surface area contributed by atoms with Gasteiger partial charge in [-0.25, -0.2) is 9.97 Å². The van der Waals surface area contributed by atoms with Gasteiger partial charge in [0.15, 0.2) is 5.16 Å². The number of aromatic nitrogens is 3. The van der Waals surface area contributed by atoms with Crippen LogP contribution in [-0.2, 0) is 9.59 Å². The van der Waals surface area contributed by atoms with Crippen molar-refractivity contribution in [1.29, 1.82) is 0 Å². The first-order valence-corrected chi connectivity index (χ1v) is 13.7. The molecular weight excluding hydrogens is 546 g/mol. The largest absolute Gasteiger partial charge is 0.330 e. The predicted molar refractivity (Wildman–Crippen MR) is 143 cm³/mol. The summed E-state index contributed by atoms with van der Waals surface area (Å²) >= 11 is 6.36. The van der Waals surface area contributed by atoms with E-state index in [1.807, 2.05) is 71.6 Å². The van der Waals surface area contributed by atoms with Crippen molar-refractivity contribution in [3.05, 3.63) is 77.0 Å². The molecule has 1 aliphatic rings. The van der Waals surface area contributed by atoms with Crippen molar-refractivity contribution >= 4 is 56.5 Å². The summed E-state index contributed by atoms with van der Waals surface area (Å²) in [7, 11) is 0. The molecule has 1 fully saturated rings. The van der Waals surface area contributed by atoms with Gasteiger partial charge in [-0.3, -0.25) is 9.59 Å². The first kappa shape index (κ1) is 23.8. The molecule has 1 aromatic carbocycles. The van der Waals surface area contributed by atoms with E-state index < -0.39 is 6.04 Å². The van der Waals surface area contributed by atoms with Gasteiger partial charge in [-0.1, -0.05) is 23.9 Å². The fourth-order valence-corrected chi connectivity index (χ4v) is 6.13. The number of carbonyl (C=O) groups excluding carboxylic acids is 2. The van der Waals surface area contributed by atoms with Crippen LogP contribution < -0.4 is 5.32 Å². The summed E-state index contributed by atoms with van der Waals surface area (Å²) in [5, 5.41) is 3.58. The highest BCUT2D eigenvalue weighted by Crippen LogP contribution is 2.31. The van der Waals surface area contributed by atoms with Crippen LogP contribution >= 0.6 is 39.0 Å². The standard InChI is InChI=1S/C25H22BrN5O2S2/c26-22-10-9-21(35-22)18-11-12-27-25(29-18)34-16-23(32)31-15-5-8-20(31)24(33)28-17-6-1-2-7-19(17)30-13-3-4-14-30/h1-4,6-7,9-14,20H,5,8,15-16H2,(H,28,33). The maximum absolute atomic E-state index is 13.2. The van der Waals surface area contributed by atoms with Crippen LogP contribution in [0.5, 0.6) is 0 Å². The van der Waals surface area contributed by atoms with Crippen LogP contribution in [0.15, 0.2) is 82.1 Å². The summed E-state index contributed by atoms with van der Waals surface area (Å²) < 4.78 is 2.98. The Bertz CT molecular complexity index is 1340. The lowest BCUT2D eigenvalue weighted by molar-refractivity contribution is -0.134. The molecule has 4 aromatic rings. The van der Waals surface area contributed by atoms with Gasteiger partial charge in [0, 0.05) is 25.1 Å². The Balaban J connectivity index is 1.23. The van der Waals surface area contributed by atoms with Gasteiger partial charge in [-0.05, 0) is 71.2 Å². The Labute approximate surface area is 219 Å². The second-order valence-corrected chi connectivity index (χ2v) is 11.4. The Morgan fingerprint density at radius 3 is 2.74 bits per heavy atom. The summed E-state index contributed by atoms with van der Waals surface area (Å²) in [5.41, 5.74) is 2.42. The zero-order valence-electron chi connectivity index (χ0n) is 18.6. The number of hydrogen-bond acceptors (Lipinski definition) is 6. The number of anilines is 1. The summed E-state index contributed by atoms with van der Waals surface area (Å²) in [5.74, 6) is -0.0670. The molecule has 0 spiro atoms. The number of nitrogens with one attached hydrogen (secondary N) is 1. The van der Waals surface area contributed by atoms with Crippen LogP contribution in [0.3, 0.4) is 0 Å². The maximum Gasteiger partial charge on any atom is 0.247 e. The van der Waals surface area contributed by atoms with Crippen molar-refractivity contribution in [3.63, 3.8) is 0 Å². The molecule has 1 saturated heterocycles. The van der Waals surface area contributed by atoms with Crippen LogP contribution in [0.1, 0.15) is 12.8 Å². The van der Waals surface area contributed by atoms with Crippen molar-refractivity contribution in [2.75, 3.05) is 17.6 Å². The van der Waals surface area contributed by atoms with Crippen LogP contribution in [0.2, 0.25) is 0 Å². The molecule has 5 rings (SSSR count). The summed E-state index contributed by atoms with van der Waals surface area (Å²) in [4.78, 5) is 37.8. The van der Waals surface area contributed by atoms with E-state index in [1.54, 1.807) is 22.4 Å². The Kier molecular flexibility index (Phi) is 7.31. The monoisotopic (exact) mass is 567 g/mol.